The van der Waals surface area contributed by atoms with Gasteiger partial charge in [0.25, 0.3) is 0 Å². The minimum atomic E-state index is 0.0149. The van der Waals surface area contributed by atoms with Crippen LogP contribution in [0.15, 0.2) is 12.1 Å². The van der Waals surface area contributed by atoms with E-state index < -0.39 is 0 Å². The average molecular weight is 271 g/mol. The van der Waals surface area contributed by atoms with Crippen LogP contribution in [0.4, 0.5) is 0 Å². The molecule has 1 heterocycles. The van der Waals surface area contributed by atoms with E-state index in [0.29, 0.717) is 24.3 Å². The van der Waals surface area contributed by atoms with Gasteiger partial charge in [0, 0.05) is 18.0 Å². The highest BCUT2D eigenvalue weighted by Crippen LogP contribution is 2.20. The molecule has 0 aromatic carbocycles. The predicted octanol–water partition coefficient (Wildman–Crippen LogP) is 2.51. The number of hydrogen-bond donors (Lipinski definition) is 0. The Hall–Kier alpha value is -1.13. The van der Waals surface area contributed by atoms with Crippen molar-refractivity contribution in [3.8, 4) is 5.88 Å². The van der Waals surface area contributed by atoms with Gasteiger partial charge in [0.15, 0.2) is 6.29 Å². The molecule has 0 aliphatic heterocycles. The minimum absolute atomic E-state index is 0.0149. The molecule has 0 saturated carbocycles. The number of hydrogen-bond acceptors (Lipinski definition) is 4. The molecule has 18 heavy (non-hydrogen) atoms. The summed E-state index contributed by atoms with van der Waals surface area (Å²) in [5.74, 6) is 0.442. The molecular weight excluding hydrogens is 252 g/mol. The summed E-state index contributed by atoms with van der Waals surface area (Å²) in [5.41, 5.74) is 0.387. The van der Waals surface area contributed by atoms with Crippen molar-refractivity contribution in [1.29, 1.82) is 0 Å². The van der Waals surface area contributed by atoms with Gasteiger partial charge >= 0.3 is 0 Å². The Morgan fingerprint density at radius 2 is 2.11 bits per heavy atom. The van der Waals surface area contributed by atoms with E-state index in [2.05, 4.69) is 23.7 Å². The monoisotopic (exact) mass is 270 g/mol. The zero-order valence-corrected chi connectivity index (χ0v) is 12.0. The Kier molecular flexibility index (Phi) is 5.11. The second kappa shape index (κ2) is 6.16. The number of aldehydes is 1. The maximum atomic E-state index is 10.6. The summed E-state index contributed by atoms with van der Waals surface area (Å²) < 4.78 is 5.61. The van der Waals surface area contributed by atoms with E-state index in [0.717, 1.165) is 6.54 Å². The molecule has 0 bridgehead atoms. The van der Waals surface area contributed by atoms with Crippen molar-refractivity contribution in [2.45, 2.75) is 13.8 Å². The number of carbonyl (C=O) groups is 1. The van der Waals surface area contributed by atoms with Crippen LogP contribution in [-0.2, 0) is 0 Å². The molecule has 1 aromatic rings. The first-order chi connectivity index (χ1) is 8.34. The number of pyridine rings is 1. The SMILES string of the molecule is CN(C)CC(C)(C)COc1ccc(C=O)c(Cl)n1. The summed E-state index contributed by atoms with van der Waals surface area (Å²) in [5, 5.41) is 0.174. The third kappa shape index (κ3) is 4.63. The lowest BCUT2D eigenvalue weighted by molar-refractivity contribution is 0.112. The van der Waals surface area contributed by atoms with Gasteiger partial charge in [-0.1, -0.05) is 25.4 Å². The number of carbonyl (C=O) groups excluding carboxylic acids is 1. The Morgan fingerprint density at radius 1 is 1.44 bits per heavy atom. The van der Waals surface area contributed by atoms with E-state index in [1.807, 2.05) is 14.1 Å². The first-order valence-electron chi connectivity index (χ1n) is 5.73. The summed E-state index contributed by atoms with van der Waals surface area (Å²) in [6.07, 6.45) is 0.676. The van der Waals surface area contributed by atoms with Gasteiger partial charge in [-0.25, -0.2) is 4.98 Å². The fraction of sp³-hybridized carbons (Fsp3) is 0.538. The van der Waals surface area contributed by atoms with Crippen LogP contribution in [0, 0.1) is 5.41 Å². The maximum absolute atomic E-state index is 10.6. The van der Waals surface area contributed by atoms with Crippen molar-refractivity contribution >= 4 is 17.9 Å². The van der Waals surface area contributed by atoms with Crippen molar-refractivity contribution in [3.05, 3.63) is 22.8 Å². The third-order valence-corrected chi connectivity index (χ3v) is 2.64. The lowest BCUT2D eigenvalue weighted by Crippen LogP contribution is -2.33. The summed E-state index contributed by atoms with van der Waals surface area (Å²) in [7, 11) is 4.05. The van der Waals surface area contributed by atoms with Gasteiger partial charge in [0.05, 0.1) is 12.2 Å². The molecule has 0 atom stereocenters. The van der Waals surface area contributed by atoms with Gasteiger partial charge in [-0.2, -0.15) is 0 Å². The molecule has 0 radical (unpaired) electrons. The van der Waals surface area contributed by atoms with Gasteiger partial charge in [-0.15, -0.1) is 0 Å². The highest BCUT2D eigenvalue weighted by molar-refractivity contribution is 6.31. The molecule has 0 amide bonds. The molecule has 0 fully saturated rings. The number of rotatable bonds is 6. The number of nitrogens with zero attached hydrogens (tertiary/aromatic N) is 2. The standard InChI is InChI=1S/C13H19ClN2O2/c1-13(2,8-16(3)4)9-18-11-6-5-10(7-17)12(14)15-11/h5-7H,8-9H2,1-4H3. The normalized spacial score (nSPS) is 11.7. The minimum Gasteiger partial charge on any atom is -0.477 e. The average Bonchev–Trinajstić information content (AvgIpc) is 2.25. The molecule has 0 aliphatic carbocycles. The van der Waals surface area contributed by atoms with Crippen LogP contribution in [0.3, 0.4) is 0 Å². The van der Waals surface area contributed by atoms with E-state index in [4.69, 9.17) is 16.3 Å². The molecule has 1 aromatic heterocycles. The molecule has 0 aliphatic rings. The van der Waals surface area contributed by atoms with E-state index in [9.17, 15) is 4.79 Å². The van der Waals surface area contributed by atoms with Crippen LogP contribution in [-0.4, -0.2) is 43.4 Å². The van der Waals surface area contributed by atoms with Crippen LogP contribution in [0.1, 0.15) is 24.2 Å². The van der Waals surface area contributed by atoms with Gasteiger partial charge < -0.3 is 9.64 Å². The summed E-state index contributed by atoms with van der Waals surface area (Å²) in [4.78, 5) is 16.7. The second-order valence-electron chi connectivity index (χ2n) is 5.34. The zero-order chi connectivity index (χ0) is 13.8. The molecule has 5 heteroatoms. The molecule has 0 spiro atoms. The fourth-order valence-electron chi connectivity index (χ4n) is 1.77. The van der Waals surface area contributed by atoms with E-state index >= 15 is 0 Å². The van der Waals surface area contributed by atoms with Gasteiger partial charge in [0.2, 0.25) is 5.88 Å². The Bertz CT molecular complexity index is 419. The van der Waals surface area contributed by atoms with Crippen LogP contribution >= 0.6 is 11.6 Å². The topological polar surface area (TPSA) is 42.4 Å². The van der Waals surface area contributed by atoms with Gasteiger partial charge in [0.1, 0.15) is 5.15 Å². The molecule has 0 unspecified atom stereocenters. The summed E-state index contributed by atoms with van der Waals surface area (Å²) in [6.45, 7) is 5.69. The smallest absolute Gasteiger partial charge is 0.214 e. The Balaban J connectivity index is 2.63. The second-order valence-corrected chi connectivity index (χ2v) is 5.70. The van der Waals surface area contributed by atoms with Crippen molar-refractivity contribution in [2.24, 2.45) is 5.41 Å². The number of ether oxygens (including phenoxy) is 1. The van der Waals surface area contributed by atoms with Crippen LogP contribution in [0.25, 0.3) is 0 Å². The maximum Gasteiger partial charge on any atom is 0.214 e. The highest BCUT2D eigenvalue weighted by atomic mass is 35.5. The van der Waals surface area contributed by atoms with Crippen LogP contribution < -0.4 is 4.74 Å². The quantitative estimate of drug-likeness (QED) is 0.588. The molecule has 1 rings (SSSR count). The molecule has 4 nitrogen and oxygen atoms in total. The van der Waals surface area contributed by atoms with Gasteiger partial charge in [-0.3, -0.25) is 4.79 Å². The van der Waals surface area contributed by atoms with Crippen molar-refractivity contribution in [1.82, 2.24) is 9.88 Å². The number of halogens is 1. The van der Waals surface area contributed by atoms with Crippen molar-refractivity contribution in [2.75, 3.05) is 27.2 Å². The molecular formula is C13H19ClN2O2. The van der Waals surface area contributed by atoms with Crippen LogP contribution in [0.5, 0.6) is 5.88 Å². The van der Waals surface area contributed by atoms with E-state index in [1.54, 1.807) is 12.1 Å². The van der Waals surface area contributed by atoms with Gasteiger partial charge in [-0.05, 0) is 20.2 Å². The Labute approximate surface area is 113 Å². The van der Waals surface area contributed by atoms with Crippen molar-refractivity contribution < 1.29 is 9.53 Å². The molecule has 0 N–H and O–H groups in total. The number of aromatic nitrogens is 1. The zero-order valence-electron chi connectivity index (χ0n) is 11.2. The van der Waals surface area contributed by atoms with E-state index in [1.165, 1.54) is 0 Å². The lowest BCUT2D eigenvalue weighted by Gasteiger charge is -2.27. The summed E-state index contributed by atoms with van der Waals surface area (Å²) in [6, 6.07) is 3.26. The lowest BCUT2D eigenvalue weighted by atomic mass is 9.94. The van der Waals surface area contributed by atoms with Crippen molar-refractivity contribution in [3.63, 3.8) is 0 Å². The fourth-order valence-corrected chi connectivity index (χ4v) is 1.96. The first kappa shape index (κ1) is 14.9. The summed E-state index contributed by atoms with van der Waals surface area (Å²) >= 11 is 5.83. The highest BCUT2D eigenvalue weighted by Gasteiger charge is 2.20. The Morgan fingerprint density at radius 3 is 2.61 bits per heavy atom. The van der Waals surface area contributed by atoms with Crippen LogP contribution in [0.2, 0.25) is 5.15 Å². The molecule has 100 valence electrons. The van der Waals surface area contributed by atoms with E-state index in [-0.39, 0.29) is 10.6 Å². The predicted molar refractivity (Wildman–Crippen MR) is 72.5 cm³/mol. The third-order valence-electron chi connectivity index (χ3n) is 2.33. The largest absolute Gasteiger partial charge is 0.477 e. The molecule has 0 saturated heterocycles. The first-order valence-corrected chi connectivity index (χ1v) is 6.11.